The van der Waals surface area contributed by atoms with Gasteiger partial charge in [0.05, 0.1) is 0 Å². The Bertz CT molecular complexity index is 436. The zero-order valence-electron chi connectivity index (χ0n) is 11.8. The first-order valence-corrected chi connectivity index (χ1v) is 7.18. The van der Waals surface area contributed by atoms with Crippen LogP contribution < -0.4 is 0 Å². The molecule has 1 aromatic rings. The van der Waals surface area contributed by atoms with Crippen LogP contribution in [-0.2, 0) is 0 Å². The third-order valence-electron chi connectivity index (χ3n) is 3.68. The molecule has 2 rings (SSSR count). The SMILES string of the molecule is CC(C)CN(C(=O)c1cccc(O)c1)C1CCCC1. The number of phenolic OH excluding ortho intramolecular Hbond substituents is 1. The Morgan fingerprint density at radius 1 is 1.37 bits per heavy atom. The van der Waals surface area contributed by atoms with E-state index < -0.39 is 0 Å². The fourth-order valence-corrected chi connectivity index (χ4v) is 2.81. The van der Waals surface area contributed by atoms with Gasteiger partial charge in [0.1, 0.15) is 5.75 Å². The molecule has 1 fully saturated rings. The minimum absolute atomic E-state index is 0.0523. The highest BCUT2D eigenvalue weighted by Crippen LogP contribution is 2.26. The summed E-state index contributed by atoms with van der Waals surface area (Å²) in [5.41, 5.74) is 0.590. The molecular formula is C16H23NO2. The van der Waals surface area contributed by atoms with Gasteiger partial charge in [-0.15, -0.1) is 0 Å². The van der Waals surface area contributed by atoms with E-state index in [-0.39, 0.29) is 11.7 Å². The van der Waals surface area contributed by atoms with Crippen molar-refractivity contribution in [3.8, 4) is 5.75 Å². The van der Waals surface area contributed by atoms with Crippen molar-refractivity contribution in [3.05, 3.63) is 29.8 Å². The molecule has 0 radical (unpaired) electrons. The number of carbonyl (C=O) groups is 1. The third-order valence-corrected chi connectivity index (χ3v) is 3.68. The lowest BCUT2D eigenvalue weighted by Crippen LogP contribution is -2.41. The molecule has 19 heavy (non-hydrogen) atoms. The molecule has 0 saturated heterocycles. The second kappa shape index (κ2) is 6.09. The van der Waals surface area contributed by atoms with E-state index in [1.807, 2.05) is 4.90 Å². The molecule has 1 aliphatic carbocycles. The molecule has 0 aliphatic heterocycles. The molecule has 1 N–H and O–H groups in total. The zero-order valence-corrected chi connectivity index (χ0v) is 11.8. The van der Waals surface area contributed by atoms with E-state index in [0.717, 1.165) is 19.4 Å². The predicted molar refractivity (Wildman–Crippen MR) is 76.2 cm³/mol. The first-order chi connectivity index (χ1) is 9.08. The number of aromatic hydroxyl groups is 1. The zero-order chi connectivity index (χ0) is 13.8. The summed E-state index contributed by atoms with van der Waals surface area (Å²) in [6.45, 7) is 5.06. The highest BCUT2D eigenvalue weighted by atomic mass is 16.3. The van der Waals surface area contributed by atoms with E-state index in [1.54, 1.807) is 24.3 Å². The van der Waals surface area contributed by atoms with E-state index in [0.29, 0.717) is 17.5 Å². The second-order valence-electron chi connectivity index (χ2n) is 5.84. The van der Waals surface area contributed by atoms with Crippen LogP contribution in [0.2, 0.25) is 0 Å². The van der Waals surface area contributed by atoms with Crippen molar-refractivity contribution in [2.75, 3.05) is 6.54 Å². The largest absolute Gasteiger partial charge is 0.508 e. The standard InChI is InChI=1S/C16H23NO2/c1-12(2)11-17(14-7-3-4-8-14)16(19)13-6-5-9-15(18)10-13/h5-6,9-10,12,14,18H,3-4,7-8,11H2,1-2H3. The lowest BCUT2D eigenvalue weighted by molar-refractivity contribution is 0.0655. The van der Waals surface area contributed by atoms with Crippen molar-refractivity contribution in [3.63, 3.8) is 0 Å². The molecule has 0 atom stereocenters. The summed E-state index contributed by atoms with van der Waals surface area (Å²) in [5.74, 6) is 0.667. The minimum Gasteiger partial charge on any atom is -0.508 e. The van der Waals surface area contributed by atoms with Gasteiger partial charge in [-0.1, -0.05) is 32.8 Å². The Labute approximate surface area is 115 Å². The van der Waals surface area contributed by atoms with E-state index >= 15 is 0 Å². The summed E-state index contributed by atoms with van der Waals surface area (Å²) >= 11 is 0. The van der Waals surface area contributed by atoms with Gasteiger partial charge in [0.15, 0.2) is 0 Å². The summed E-state index contributed by atoms with van der Waals surface area (Å²) < 4.78 is 0. The first-order valence-electron chi connectivity index (χ1n) is 7.18. The molecule has 0 aromatic heterocycles. The lowest BCUT2D eigenvalue weighted by Gasteiger charge is -2.30. The summed E-state index contributed by atoms with van der Waals surface area (Å²) in [6.07, 6.45) is 4.65. The summed E-state index contributed by atoms with van der Waals surface area (Å²) in [7, 11) is 0. The van der Waals surface area contributed by atoms with Gasteiger partial charge in [-0.25, -0.2) is 0 Å². The van der Waals surface area contributed by atoms with Crippen molar-refractivity contribution in [1.29, 1.82) is 0 Å². The van der Waals surface area contributed by atoms with E-state index in [1.165, 1.54) is 12.8 Å². The van der Waals surface area contributed by atoms with Gasteiger partial charge in [0, 0.05) is 18.2 Å². The summed E-state index contributed by atoms with van der Waals surface area (Å²) in [5, 5.41) is 9.52. The smallest absolute Gasteiger partial charge is 0.254 e. The van der Waals surface area contributed by atoms with Crippen LogP contribution in [-0.4, -0.2) is 28.5 Å². The number of rotatable bonds is 4. The molecule has 1 aromatic carbocycles. The monoisotopic (exact) mass is 261 g/mol. The molecule has 0 bridgehead atoms. The van der Waals surface area contributed by atoms with Crippen LogP contribution in [0.5, 0.6) is 5.75 Å². The van der Waals surface area contributed by atoms with Crippen LogP contribution in [0.4, 0.5) is 0 Å². The van der Waals surface area contributed by atoms with Crippen LogP contribution in [0.1, 0.15) is 49.9 Å². The van der Waals surface area contributed by atoms with Gasteiger partial charge < -0.3 is 10.0 Å². The predicted octanol–water partition coefficient (Wildman–Crippen LogP) is 3.43. The van der Waals surface area contributed by atoms with Gasteiger partial charge in [-0.05, 0) is 37.0 Å². The maximum absolute atomic E-state index is 12.6. The Kier molecular flexibility index (Phi) is 4.46. The van der Waals surface area contributed by atoms with Crippen molar-refractivity contribution in [2.45, 2.75) is 45.6 Å². The van der Waals surface area contributed by atoms with Gasteiger partial charge in [-0.2, -0.15) is 0 Å². The summed E-state index contributed by atoms with van der Waals surface area (Å²) in [4.78, 5) is 14.6. The molecule has 1 aliphatic rings. The van der Waals surface area contributed by atoms with Crippen LogP contribution in [0.15, 0.2) is 24.3 Å². The molecule has 0 heterocycles. The molecule has 1 amide bonds. The van der Waals surface area contributed by atoms with Crippen molar-refractivity contribution in [1.82, 2.24) is 4.90 Å². The highest BCUT2D eigenvalue weighted by Gasteiger charge is 2.27. The Morgan fingerprint density at radius 2 is 2.05 bits per heavy atom. The average Bonchev–Trinajstić information content (AvgIpc) is 2.88. The number of nitrogens with zero attached hydrogens (tertiary/aromatic N) is 1. The molecule has 0 unspecified atom stereocenters. The first kappa shape index (κ1) is 13.9. The van der Waals surface area contributed by atoms with Crippen LogP contribution in [0.25, 0.3) is 0 Å². The Balaban J connectivity index is 2.19. The third kappa shape index (κ3) is 3.49. The van der Waals surface area contributed by atoms with Crippen molar-refractivity contribution >= 4 is 5.91 Å². The van der Waals surface area contributed by atoms with E-state index in [9.17, 15) is 9.90 Å². The molecular weight excluding hydrogens is 238 g/mol. The van der Waals surface area contributed by atoms with E-state index in [2.05, 4.69) is 13.8 Å². The maximum Gasteiger partial charge on any atom is 0.254 e. The molecule has 1 saturated carbocycles. The van der Waals surface area contributed by atoms with Crippen molar-refractivity contribution < 1.29 is 9.90 Å². The quantitative estimate of drug-likeness (QED) is 0.902. The van der Waals surface area contributed by atoms with E-state index in [4.69, 9.17) is 0 Å². The summed E-state index contributed by atoms with van der Waals surface area (Å²) in [6, 6.07) is 7.04. The minimum atomic E-state index is 0.0523. The molecule has 0 spiro atoms. The molecule has 3 nitrogen and oxygen atoms in total. The van der Waals surface area contributed by atoms with Crippen LogP contribution in [0.3, 0.4) is 0 Å². The Hall–Kier alpha value is -1.51. The topological polar surface area (TPSA) is 40.5 Å². The van der Waals surface area contributed by atoms with Gasteiger partial charge in [-0.3, -0.25) is 4.79 Å². The number of hydrogen-bond donors (Lipinski definition) is 1. The second-order valence-corrected chi connectivity index (χ2v) is 5.84. The fraction of sp³-hybridized carbons (Fsp3) is 0.562. The fourth-order valence-electron chi connectivity index (χ4n) is 2.81. The maximum atomic E-state index is 12.6. The molecule has 104 valence electrons. The van der Waals surface area contributed by atoms with Crippen LogP contribution in [0, 0.1) is 5.92 Å². The van der Waals surface area contributed by atoms with Crippen molar-refractivity contribution in [2.24, 2.45) is 5.92 Å². The Morgan fingerprint density at radius 3 is 2.63 bits per heavy atom. The normalized spacial score (nSPS) is 15.9. The number of carbonyl (C=O) groups excluding carboxylic acids is 1. The highest BCUT2D eigenvalue weighted by molar-refractivity contribution is 5.94. The number of hydrogen-bond acceptors (Lipinski definition) is 2. The number of phenols is 1. The van der Waals surface area contributed by atoms with Gasteiger partial charge >= 0.3 is 0 Å². The molecule has 3 heteroatoms. The van der Waals surface area contributed by atoms with Gasteiger partial charge in [0.25, 0.3) is 5.91 Å². The number of amides is 1. The average molecular weight is 261 g/mol. The van der Waals surface area contributed by atoms with Gasteiger partial charge in [0.2, 0.25) is 0 Å². The lowest BCUT2D eigenvalue weighted by atomic mass is 10.1. The number of benzene rings is 1. The van der Waals surface area contributed by atoms with Crippen LogP contribution >= 0.6 is 0 Å².